The molecule has 0 aromatic heterocycles. The molecule has 1 heterocycles. The van der Waals surface area contributed by atoms with E-state index in [-0.39, 0.29) is 35.7 Å². The summed E-state index contributed by atoms with van der Waals surface area (Å²) in [5.74, 6) is -1.84. The Bertz CT molecular complexity index is 1280. The van der Waals surface area contributed by atoms with Crippen molar-refractivity contribution < 1.29 is 23.1 Å². The fourth-order valence-electron chi connectivity index (χ4n) is 6.33. The standard InChI is InChI=1S/C29H35Cl2NO5S/c1-3-23(18-38(36,37)24-9-4-5-10-24)32-27(19-11-13-21(30)14-12-19)25(20-7-6-8-22(31)15-20)16-29(2,28(32)35)17-26(33)34/h6-8,11-15,23-25,27H,3-5,9-10,16-18H2,1-2H3,(H,33,34)/t23?,25-,27-,29-/m1/s1. The van der Waals surface area contributed by atoms with E-state index in [0.29, 0.717) is 29.3 Å². The number of carboxylic acid groups (broad SMARTS) is 1. The van der Waals surface area contributed by atoms with Crippen LogP contribution in [0.3, 0.4) is 0 Å². The van der Waals surface area contributed by atoms with Crippen LogP contribution in [0.4, 0.5) is 0 Å². The number of halogens is 2. The molecule has 2 aliphatic rings. The summed E-state index contributed by atoms with van der Waals surface area (Å²) in [5, 5.41) is 10.5. The molecule has 1 amide bonds. The lowest BCUT2D eigenvalue weighted by Crippen LogP contribution is -2.57. The number of sulfone groups is 1. The maximum Gasteiger partial charge on any atom is 0.304 e. The Hall–Kier alpha value is -2.09. The molecular weight excluding hydrogens is 545 g/mol. The van der Waals surface area contributed by atoms with Crippen molar-refractivity contribution in [2.24, 2.45) is 5.41 Å². The molecule has 1 saturated heterocycles. The molecule has 0 bridgehead atoms. The second-order valence-electron chi connectivity index (χ2n) is 11.0. The molecule has 1 unspecified atom stereocenters. The highest BCUT2D eigenvalue weighted by molar-refractivity contribution is 7.92. The Labute approximate surface area is 235 Å². The first-order valence-electron chi connectivity index (χ1n) is 13.2. The average molecular weight is 581 g/mol. The van der Waals surface area contributed by atoms with Crippen molar-refractivity contribution >= 4 is 44.9 Å². The zero-order valence-electron chi connectivity index (χ0n) is 21.8. The van der Waals surface area contributed by atoms with Crippen LogP contribution in [0.1, 0.15) is 81.9 Å². The van der Waals surface area contributed by atoms with Crippen molar-refractivity contribution in [2.75, 3.05) is 5.75 Å². The van der Waals surface area contributed by atoms with Gasteiger partial charge >= 0.3 is 5.97 Å². The number of amides is 1. The van der Waals surface area contributed by atoms with Gasteiger partial charge in [-0.25, -0.2) is 8.42 Å². The molecule has 6 nitrogen and oxygen atoms in total. The average Bonchev–Trinajstić information content (AvgIpc) is 3.41. The number of carboxylic acids is 1. The van der Waals surface area contributed by atoms with Gasteiger partial charge in [-0.1, -0.05) is 74.2 Å². The van der Waals surface area contributed by atoms with E-state index in [2.05, 4.69) is 0 Å². The SMILES string of the molecule is CCC(CS(=O)(=O)C1CCCC1)N1C(=O)[C@@](C)(CC(=O)O)C[C@H](c2cccc(Cl)c2)[C@H]1c1ccc(Cl)cc1. The fourth-order valence-corrected chi connectivity index (χ4v) is 8.91. The molecule has 206 valence electrons. The van der Waals surface area contributed by atoms with Crippen LogP contribution in [0, 0.1) is 5.41 Å². The van der Waals surface area contributed by atoms with Crippen LogP contribution in [0.25, 0.3) is 0 Å². The van der Waals surface area contributed by atoms with Gasteiger partial charge in [0.15, 0.2) is 9.84 Å². The third-order valence-electron chi connectivity index (χ3n) is 8.23. The minimum atomic E-state index is -3.46. The first-order valence-corrected chi connectivity index (χ1v) is 15.7. The predicted molar refractivity (Wildman–Crippen MR) is 150 cm³/mol. The summed E-state index contributed by atoms with van der Waals surface area (Å²) in [7, 11) is -3.46. The number of nitrogens with zero attached hydrogens (tertiary/aromatic N) is 1. The highest BCUT2D eigenvalue weighted by Crippen LogP contribution is 2.52. The van der Waals surface area contributed by atoms with Gasteiger partial charge in [0.05, 0.1) is 28.9 Å². The predicted octanol–water partition coefficient (Wildman–Crippen LogP) is 6.67. The van der Waals surface area contributed by atoms with Crippen LogP contribution in [0.15, 0.2) is 48.5 Å². The fraction of sp³-hybridized carbons (Fsp3) is 0.517. The van der Waals surface area contributed by atoms with Gasteiger partial charge < -0.3 is 10.0 Å². The molecule has 1 aliphatic heterocycles. The number of rotatable bonds is 9. The van der Waals surface area contributed by atoms with Crippen LogP contribution >= 0.6 is 23.2 Å². The van der Waals surface area contributed by atoms with Gasteiger partial charge in [0.2, 0.25) is 5.91 Å². The number of aliphatic carboxylic acids is 1. The summed E-state index contributed by atoms with van der Waals surface area (Å²) in [6, 6.07) is 13.5. The van der Waals surface area contributed by atoms with Gasteiger partial charge in [-0.05, 0) is 61.1 Å². The third-order valence-corrected chi connectivity index (χ3v) is 11.1. The van der Waals surface area contributed by atoms with E-state index in [9.17, 15) is 23.1 Å². The summed E-state index contributed by atoms with van der Waals surface area (Å²) in [5.41, 5.74) is 0.480. The van der Waals surface area contributed by atoms with E-state index in [1.807, 2.05) is 37.3 Å². The lowest BCUT2D eigenvalue weighted by atomic mass is 9.67. The van der Waals surface area contributed by atoms with Crippen molar-refractivity contribution in [1.82, 2.24) is 4.90 Å². The van der Waals surface area contributed by atoms with Crippen LogP contribution in [-0.4, -0.2) is 47.3 Å². The zero-order chi connectivity index (χ0) is 27.7. The monoisotopic (exact) mass is 579 g/mol. The second-order valence-corrected chi connectivity index (χ2v) is 14.2. The summed E-state index contributed by atoms with van der Waals surface area (Å²) < 4.78 is 27.0. The second kappa shape index (κ2) is 11.6. The van der Waals surface area contributed by atoms with E-state index < -0.39 is 33.3 Å². The molecule has 1 aliphatic carbocycles. The number of hydrogen-bond acceptors (Lipinski definition) is 4. The number of likely N-dealkylation sites (tertiary alicyclic amines) is 1. The Morgan fingerprint density at radius 2 is 1.74 bits per heavy atom. The van der Waals surface area contributed by atoms with Gasteiger partial charge in [0, 0.05) is 22.0 Å². The smallest absolute Gasteiger partial charge is 0.304 e. The summed E-state index contributed by atoms with van der Waals surface area (Å²) in [6.45, 7) is 3.57. The van der Waals surface area contributed by atoms with Crippen molar-refractivity contribution in [3.05, 3.63) is 69.7 Å². The molecule has 9 heteroatoms. The first-order chi connectivity index (χ1) is 17.9. The van der Waals surface area contributed by atoms with E-state index in [0.717, 1.165) is 24.0 Å². The number of carbonyl (C=O) groups is 2. The maximum absolute atomic E-state index is 14.3. The minimum absolute atomic E-state index is 0.143. The topological polar surface area (TPSA) is 91.8 Å². The largest absolute Gasteiger partial charge is 0.481 e. The third kappa shape index (κ3) is 6.05. The summed E-state index contributed by atoms with van der Waals surface area (Å²) in [6.07, 6.45) is 3.44. The van der Waals surface area contributed by atoms with Gasteiger partial charge in [0.1, 0.15) is 0 Å². The Kier molecular flexibility index (Phi) is 8.80. The number of hydrogen-bond donors (Lipinski definition) is 1. The summed E-state index contributed by atoms with van der Waals surface area (Å²) in [4.78, 5) is 27.9. The Morgan fingerprint density at radius 3 is 2.32 bits per heavy atom. The normalized spacial score (nSPS) is 25.5. The van der Waals surface area contributed by atoms with Gasteiger partial charge in [-0.3, -0.25) is 9.59 Å². The molecule has 0 radical (unpaired) electrons. The molecule has 4 atom stereocenters. The molecule has 38 heavy (non-hydrogen) atoms. The summed E-state index contributed by atoms with van der Waals surface area (Å²) >= 11 is 12.6. The van der Waals surface area contributed by atoms with Gasteiger partial charge in [0.25, 0.3) is 0 Å². The van der Waals surface area contributed by atoms with Crippen molar-refractivity contribution in [3.63, 3.8) is 0 Å². The van der Waals surface area contributed by atoms with Crippen molar-refractivity contribution in [2.45, 2.75) is 82.0 Å². The van der Waals surface area contributed by atoms with Crippen LogP contribution < -0.4 is 0 Å². The highest BCUT2D eigenvalue weighted by atomic mass is 35.5. The Morgan fingerprint density at radius 1 is 1.08 bits per heavy atom. The maximum atomic E-state index is 14.3. The minimum Gasteiger partial charge on any atom is -0.481 e. The first kappa shape index (κ1) is 28.9. The number of benzene rings is 2. The highest BCUT2D eigenvalue weighted by Gasteiger charge is 2.53. The molecule has 4 rings (SSSR count). The van der Waals surface area contributed by atoms with Crippen LogP contribution in [0.2, 0.25) is 10.0 Å². The molecule has 1 saturated carbocycles. The number of carbonyl (C=O) groups excluding carboxylic acids is 1. The van der Waals surface area contributed by atoms with Crippen LogP contribution in [-0.2, 0) is 19.4 Å². The lowest BCUT2D eigenvalue weighted by molar-refractivity contribution is -0.160. The van der Waals surface area contributed by atoms with E-state index in [1.165, 1.54) is 0 Å². The van der Waals surface area contributed by atoms with E-state index in [1.54, 1.807) is 30.0 Å². The molecule has 2 aromatic carbocycles. The quantitative estimate of drug-likeness (QED) is 0.358. The molecule has 0 spiro atoms. The molecule has 2 fully saturated rings. The zero-order valence-corrected chi connectivity index (χ0v) is 24.1. The van der Waals surface area contributed by atoms with E-state index in [4.69, 9.17) is 23.2 Å². The molecule has 1 N–H and O–H groups in total. The van der Waals surface area contributed by atoms with Crippen molar-refractivity contribution in [3.8, 4) is 0 Å². The molecular formula is C29H35Cl2NO5S. The van der Waals surface area contributed by atoms with Gasteiger partial charge in [-0.2, -0.15) is 0 Å². The van der Waals surface area contributed by atoms with E-state index >= 15 is 0 Å². The van der Waals surface area contributed by atoms with Gasteiger partial charge in [-0.15, -0.1) is 0 Å². The number of piperidine rings is 1. The van der Waals surface area contributed by atoms with Crippen molar-refractivity contribution in [1.29, 1.82) is 0 Å². The van der Waals surface area contributed by atoms with Crippen LogP contribution in [0.5, 0.6) is 0 Å². The molecule has 2 aromatic rings. The Balaban J connectivity index is 1.87. The lowest BCUT2D eigenvalue weighted by Gasteiger charge is -2.52.